The van der Waals surface area contributed by atoms with Crippen molar-refractivity contribution >= 4 is 34.9 Å². The number of amides is 3. The van der Waals surface area contributed by atoms with E-state index < -0.39 is 0 Å². The number of pyridine rings is 1. The lowest BCUT2D eigenvalue weighted by molar-refractivity contribution is -0.134. The first kappa shape index (κ1) is 20.8. The highest BCUT2D eigenvalue weighted by molar-refractivity contribution is 8.18. The molecule has 0 N–H and O–H groups in total. The van der Waals surface area contributed by atoms with Gasteiger partial charge in [-0.3, -0.25) is 24.1 Å². The molecule has 3 amide bonds. The number of hydrogen-bond donors (Lipinski definition) is 0. The number of carbonyl (C=O) groups excluding carboxylic acids is 3. The zero-order valence-electron chi connectivity index (χ0n) is 17.5. The number of benzene rings is 1. The van der Waals surface area contributed by atoms with Crippen LogP contribution in [0.2, 0.25) is 0 Å². The number of piperidine rings is 1. The van der Waals surface area contributed by atoms with Gasteiger partial charge in [0.25, 0.3) is 16.7 Å². The molecular formula is C24H23N3O4S. The molecule has 32 heavy (non-hydrogen) atoms. The van der Waals surface area contributed by atoms with Gasteiger partial charge in [0, 0.05) is 50.3 Å². The summed E-state index contributed by atoms with van der Waals surface area (Å²) in [4.78, 5) is 53.6. The number of rotatable bonds is 4. The van der Waals surface area contributed by atoms with Crippen molar-refractivity contribution < 1.29 is 14.4 Å². The first-order valence-electron chi connectivity index (χ1n) is 10.8. The Hall–Kier alpha value is -3.13. The lowest BCUT2D eigenvalue weighted by Crippen LogP contribution is -2.49. The predicted octanol–water partition coefficient (Wildman–Crippen LogP) is 2.92. The number of imide groups is 1. The molecule has 8 heteroatoms. The highest BCUT2D eigenvalue weighted by Crippen LogP contribution is 2.36. The van der Waals surface area contributed by atoms with Gasteiger partial charge in [-0.25, -0.2) is 0 Å². The molecule has 5 rings (SSSR count). The summed E-state index contributed by atoms with van der Waals surface area (Å²) in [5.41, 5.74) is 1.86. The number of carbonyl (C=O) groups is 3. The molecule has 3 aliphatic rings. The van der Waals surface area contributed by atoms with E-state index >= 15 is 0 Å². The lowest BCUT2D eigenvalue weighted by Gasteiger charge is -2.42. The van der Waals surface area contributed by atoms with Crippen molar-refractivity contribution in [2.24, 2.45) is 5.92 Å². The fraction of sp³-hybridized carbons (Fsp3) is 0.333. The number of fused-ring (bicyclic) bond motifs is 4. The van der Waals surface area contributed by atoms with Gasteiger partial charge >= 0.3 is 0 Å². The molecule has 164 valence electrons. The van der Waals surface area contributed by atoms with E-state index in [2.05, 4.69) is 0 Å². The number of nitrogens with zero attached hydrogens (tertiary/aromatic N) is 3. The zero-order valence-corrected chi connectivity index (χ0v) is 18.3. The largest absolute Gasteiger partial charge is 0.342 e. The van der Waals surface area contributed by atoms with Crippen LogP contribution in [0.5, 0.6) is 0 Å². The standard InChI is InChI=1S/C24H23N3O4S/c28-21(25-13-17-11-18(15-25)19-7-4-8-22(29)27(19)14-17)9-10-26-23(30)20(32-24(26)31)12-16-5-2-1-3-6-16/h1-8,12,17-18H,9-11,13-15H2/t17-,18-/m0/s1. The van der Waals surface area contributed by atoms with Crippen LogP contribution in [0.3, 0.4) is 0 Å². The van der Waals surface area contributed by atoms with Crippen LogP contribution in [0.4, 0.5) is 4.79 Å². The third kappa shape index (κ3) is 3.90. The highest BCUT2D eigenvalue weighted by atomic mass is 32.2. The molecule has 0 saturated carbocycles. The van der Waals surface area contributed by atoms with Crippen molar-refractivity contribution in [1.29, 1.82) is 0 Å². The minimum atomic E-state index is -0.347. The maximum absolute atomic E-state index is 12.9. The van der Waals surface area contributed by atoms with Crippen molar-refractivity contribution in [3.8, 4) is 0 Å². The number of hydrogen-bond acceptors (Lipinski definition) is 5. The Morgan fingerprint density at radius 1 is 1.00 bits per heavy atom. The molecule has 1 aromatic carbocycles. The van der Waals surface area contributed by atoms with Crippen LogP contribution in [-0.4, -0.2) is 51.1 Å². The molecule has 3 aliphatic heterocycles. The second-order valence-corrected chi connectivity index (χ2v) is 9.48. The van der Waals surface area contributed by atoms with Crippen LogP contribution < -0.4 is 5.56 Å². The second-order valence-electron chi connectivity index (χ2n) is 8.49. The van der Waals surface area contributed by atoms with Gasteiger partial charge < -0.3 is 9.47 Å². The van der Waals surface area contributed by atoms with Gasteiger partial charge in [0.05, 0.1) is 4.91 Å². The van der Waals surface area contributed by atoms with Crippen molar-refractivity contribution in [2.75, 3.05) is 19.6 Å². The first-order chi connectivity index (χ1) is 15.5. The molecule has 7 nitrogen and oxygen atoms in total. The molecule has 0 spiro atoms. The highest BCUT2D eigenvalue weighted by Gasteiger charge is 2.38. The summed E-state index contributed by atoms with van der Waals surface area (Å²) in [6.45, 7) is 1.88. The molecule has 1 aromatic heterocycles. The number of thioether (sulfide) groups is 1. The van der Waals surface area contributed by atoms with Crippen molar-refractivity contribution in [2.45, 2.75) is 25.3 Å². The van der Waals surface area contributed by atoms with Gasteiger partial charge in [-0.15, -0.1) is 0 Å². The van der Waals surface area contributed by atoms with Crippen LogP contribution in [0, 0.1) is 5.92 Å². The third-order valence-electron chi connectivity index (χ3n) is 6.35. The van der Waals surface area contributed by atoms with Gasteiger partial charge in [0.15, 0.2) is 0 Å². The van der Waals surface area contributed by atoms with Crippen molar-refractivity contribution in [3.05, 3.63) is 75.0 Å². The van der Waals surface area contributed by atoms with E-state index in [1.165, 1.54) is 0 Å². The maximum atomic E-state index is 12.9. The Kier molecular flexibility index (Phi) is 5.46. The average molecular weight is 450 g/mol. The summed E-state index contributed by atoms with van der Waals surface area (Å²) in [5, 5.41) is -0.339. The normalized spacial score (nSPS) is 23.6. The van der Waals surface area contributed by atoms with Crippen LogP contribution >= 0.6 is 11.8 Å². The molecular weight excluding hydrogens is 426 g/mol. The van der Waals surface area contributed by atoms with Crippen molar-refractivity contribution in [1.82, 2.24) is 14.4 Å². The van der Waals surface area contributed by atoms with Gasteiger partial charge in [-0.05, 0) is 41.8 Å². The Morgan fingerprint density at radius 2 is 1.81 bits per heavy atom. The quantitative estimate of drug-likeness (QED) is 0.671. The maximum Gasteiger partial charge on any atom is 0.293 e. The van der Waals surface area contributed by atoms with E-state index in [0.29, 0.717) is 24.5 Å². The van der Waals surface area contributed by atoms with E-state index in [-0.39, 0.29) is 47.4 Å². The summed E-state index contributed by atoms with van der Waals surface area (Å²) in [7, 11) is 0. The topological polar surface area (TPSA) is 79.7 Å². The van der Waals surface area contributed by atoms with E-state index in [4.69, 9.17) is 0 Å². The molecule has 0 unspecified atom stereocenters. The van der Waals surface area contributed by atoms with E-state index in [9.17, 15) is 19.2 Å². The van der Waals surface area contributed by atoms with Crippen LogP contribution in [-0.2, 0) is 16.1 Å². The van der Waals surface area contributed by atoms with Crippen LogP contribution in [0.25, 0.3) is 6.08 Å². The smallest absolute Gasteiger partial charge is 0.293 e. The average Bonchev–Trinajstić information content (AvgIpc) is 3.05. The Balaban J connectivity index is 1.23. The summed E-state index contributed by atoms with van der Waals surface area (Å²) >= 11 is 0.912. The fourth-order valence-electron chi connectivity index (χ4n) is 4.86. The van der Waals surface area contributed by atoms with Gasteiger partial charge in [0.2, 0.25) is 5.91 Å². The van der Waals surface area contributed by atoms with Gasteiger partial charge in [0.1, 0.15) is 0 Å². The molecule has 0 radical (unpaired) electrons. The molecule has 2 aromatic rings. The molecule has 2 fully saturated rings. The lowest BCUT2D eigenvalue weighted by atomic mass is 9.83. The monoisotopic (exact) mass is 449 g/mol. The third-order valence-corrected chi connectivity index (χ3v) is 7.26. The van der Waals surface area contributed by atoms with Crippen LogP contribution in [0.15, 0.2) is 58.2 Å². The summed E-state index contributed by atoms with van der Waals surface area (Å²) in [6, 6.07) is 14.7. The van der Waals surface area contributed by atoms with E-state index in [1.807, 2.05) is 45.9 Å². The fourth-order valence-corrected chi connectivity index (χ4v) is 5.72. The summed E-state index contributed by atoms with van der Waals surface area (Å²) in [5.74, 6) is -0.0133. The Bertz CT molecular complexity index is 1170. The molecule has 2 bridgehead atoms. The molecule has 4 heterocycles. The SMILES string of the molecule is O=C(CCN1C(=O)SC(=Cc2ccccc2)C1=O)N1C[C@@H]2C[C@@H](C1)c1cccc(=O)n1C2. The summed E-state index contributed by atoms with van der Waals surface area (Å²) in [6.07, 6.45) is 2.79. The van der Waals surface area contributed by atoms with Gasteiger partial charge in [-0.1, -0.05) is 36.4 Å². The van der Waals surface area contributed by atoms with E-state index in [0.717, 1.165) is 34.3 Å². The minimum absolute atomic E-state index is 0.0138. The molecule has 2 saturated heterocycles. The van der Waals surface area contributed by atoms with Gasteiger partial charge in [-0.2, -0.15) is 0 Å². The summed E-state index contributed by atoms with van der Waals surface area (Å²) < 4.78 is 1.83. The molecule has 0 aliphatic carbocycles. The number of aromatic nitrogens is 1. The Morgan fingerprint density at radius 3 is 2.62 bits per heavy atom. The number of likely N-dealkylation sites (tertiary alicyclic amines) is 1. The van der Waals surface area contributed by atoms with Crippen molar-refractivity contribution in [3.63, 3.8) is 0 Å². The first-order valence-corrected chi connectivity index (χ1v) is 11.6. The minimum Gasteiger partial charge on any atom is -0.342 e. The zero-order chi connectivity index (χ0) is 22.2. The Labute approximate surface area is 189 Å². The molecule has 2 atom stereocenters. The predicted molar refractivity (Wildman–Crippen MR) is 122 cm³/mol. The second kappa shape index (κ2) is 8.43. The van der Waals surface area contributed by atoms with Crippen LogP contribution in [0.1, 0.15) is 30.0 Å². The van der Waals surface area contributed by atoms with E-state index in [1.54, 1.807) is 18.2 Å².